The molecule has 130 valence electrons. The van der Waals surface area contributed by atoms with Gasteiger partial charge in [-0.1, -0.05) is 6.92 Å². The highest BCUT2D eigenvalue weighted by atomic mass is 16.5. The van der Waals surface area contributed by atoms with Crippen LogP contribution in [0, 0.1) is 0 Å². The van der Waals surface area contributed by atoms with E-state index in [9.17, 15) is 9.90 Å². The zero-order chi connectivity index (χ0) is 17.4. The Morgan fingerprint density at radius 1 is 1.54 bits per heavy atom. The van der Waals surface area contributed by atoms with E-state index in [0.717, 1.165) is 6.42 Å². The smallest absolute Gasteiger partial charge is 0.282 e. The lowest BCUT2D eigenvalue weighted by Crippen LogP contribution is -2.20. The molecule has 0 unspecified atom stereocenters. The van der Waals surface area contributed by atoms with E-state index in [1.54, 1.807) is 22.9 Å². The number of aliphatic imine (C=N–C) groups is 1. The summed E-state index contributed by atoms with van der Waals surface area (Å²) in [5.74, 6) is 0.286. The van der Waals surface area contributed by atoms with Crippen LogP contribution in [0.2, 0.25) is 0 Å². The van der Waals surface area contributed by atoms with E-state index in [0.29, 0.717) is 12.1 Å². The van der Waals surface area contributed by atoms with E-state index in [1.807, 2.05) is 21.0 Å². The van der Waals surface area contributed by atoms with E-state index >= 15 is 0 Å². The van der Waals surface area contributed by atoms with E-state index in [4.69, 9.17) is 4.74 Å². The number of rotatable bonds is 4. The van der Waals surface area contributed by atoms with Gasteiger partial charge < -0.3 is 14.7 Å². The van der Waals surface area contributed by atoms with Gasteiger partial charge in [0.2, 0.25) is 5.95 Å². The quantitative estimate of drug-likeness (QED) is 0.642. The summed E-state index contributed by atoms with van der Waals surface area (Å²) in [6, 6.07) is 0. The van der Waals surface area contributed by atoms with Crippen LogP contribution < -0.4 is 5.56 Å². The van der Waals surface area contributed by atoms with Crippen molar-refractivity contribution in [3.05, 3.63) is 16.7 Å². The molecule has 0 radical (unpaired) electrons. The van der Waals surface area contributed by atoms with Crippen molar-refractivity contribution in [2.45, 2.75) is 38.2 Å². The zero-order valence-electron chi connectivity index (χ0n) is 14.2. The van der Waals surface area contributed by atoms with Crippen LogP contribution in [0.25, 0.3) is 11.2 Å². The van der Waals surface area contributed by atoms with Gasteiger partial charge in [0.25, 0.3) is 5.56 Å². The van der Waals surface area contributed by atoms with Gasteiger partial charge in [-0.15, -0.1) is 0 Å². The molecule has 0 spiro atoms. The number of aliphatic hydroxyl groups excluding tert-OH is 1. The van der Waals surface area contributed by atoms with Gasteiger partial charge in [0.05, 0.1) is 24.9 Å². The Labute approximate surface area is 139 Å². The largest absolute Gasteiger partial charge is 0.390 e. The van der Waals surface area contributed by atoms with Crippen LogP contribution in [-0.2, 0) is 11.8 Å². The topological polar surface area (TPSA) is 97.8 Å². The molecule has 3 rings (SSSR count). The maximum absolute atomic E-state index is 12.5. The second kappa shape index (κ2) is 6.33. The van der Waals surface area contributed by atoms with Crippen LogP contribution in [0.15, 0.2) is 16.1 Å². The van der Waals surface area contributed by atoms with Crippen molar-refractivity contribution in [3.63, 3.8) is 0 Å². The molecule has 3 atom stereocenters. The maximum atomic E-state index is 12.5. The van der Waals surface area contributed by atoms with Gasteiger partial charge in [-0.3, -0.25) is 13.9 Å². The molecule has 2 aromatic heterocycles. The highest BCUT2D eigenvalue weighted by Crippen LogP contribution is 2.31. The van der Waals surface area contributed by atoms with E-state index < -0.39 is 6.10 Å². The lowest BCUT2D eigenvalue weighted by molar-refractivity contribution is -0.0183. The molecule has 0 saturated carbocycles. The predicted molar refractivity (Wildman–Crippen MR) is 89.4 cm³/mol. The van der Waals surface area contributed by atoms with Gasteiger partial charge in [0.15, 0.2) is 11.2 Å². The van der Waals surface area contributed by atoms with Crippen LogP contribution in [-0.4, -0.2) is 61.8 Å². The first-order valence-corrected chi connectivity index (χ1v) is 7.90. The van der Waals surface area contributed by atoms with Gasteiger partial charge in [-0.05, 0) is 6.42 Å². The molecule has 0 amide bonds. The van der Waals surface area contributed by atoms with Gasteiger partial charge >= 0.3 is 0 Å². The predicted octanol–water partition coefficient (Wildman–Crippen LogP) is 0.410. The van der Waals surface area contributed by atoms with Gasteiger partial charge in [0.1, 0.15) is 6.23 Å². The van der Waals surface area contributed by atoms with E-state index in [2.05, 4.69) is 15.0 Å². The second-order valence-corrected chi connectivity index (χ2v) is 6.15. The first-order chi connectivity index (χ1) is 11.4. The summed E-state index contributed by atoms with van der Waals surface area (Å²) in [5.41, 5.74) is 0.410. The van der Waals surface area contributed by atoms with E-state index in [-0.39, 0.29) is 29.4 Å². The molecule has 3 heterocycles. The molecule has 0 aliphatic carbocycles. The van der Waals surface area contributed by atoms with Crippen LogP contribution >= 0.6 is 0 Å². The monoisotopic (exact) mass is 334 g/mol. The minimum Gasteiger partial charge on any atom is -0.390 e. The van der Waals surface area contributed by atoms with Crippen molar-refractivity contribution >= 4 is 23.5 Å². The molecule has 1 aliphatic heterocycles. The Bertz CT molecular complexity index is 824. The van der Waals surface area contributed by atoms with Crippen LogP contribution in [0.5, 0.6) is 0 Å². The number of imidazole rings is 1. The Hall–Kier alpha value is -2.26. The Morgan fingerprint density at radius 3 is 2.92 bits per heavy atom. The fourth-order valence-corrected chi connectivity index (χ4v) is 2.78. The molecule has 9 heteroatoms. The highest BCUT2D eigenvalue weighted by molar-refractivity contribution is 5.71. The van der Waals surface area contributed by atoms with Crippen molar-refractivity contribution in [1.82, 2.24) is 24.0 Å². The third-order valence-corrected chi connectivity index (χ3v) is 4.10. The number of nitrogens with zero attached hydrogens (tertiary/aromatic N) is 6. The molecule has 1 aliphatic rings. The van der Waals surface area contributed by atoms with Crippen LogP contribution in [0.3, 0.4) is 0 Å². The normalized spacial score (nSPS) is 24.3. The standard InChI is InChI=1S/C15H22N6O3/c1-5-10-9(22)6-11(24-10)21-8-16-12-13(21)18-15(17-7-19(2)3)20(4)14(12)23/h7-11,22H,5-6H2,1-4H3/b17-7+/t9-,10-,11-/m1/s1. The second-order valence-electron chi connectivity index (χ2n) is 6.15. The average Bonchev–Trinajstić information content (AvgIpc) is 3.12. The number of aromatic nitrogens is 4. The number of aliphatic hydroxyl groups is 1. The summed E-state index contributed by atoms with van der Waals surface area (Å²) < 4.78 is 8.92. The Morgan fingerprint density at radius 2 is 2.29 bits per heavy atom. The molecule has 9 nitrogen and oxygen atoms in total. The lowest BCUT2D eigenvalue weighted by atomic mass is 10.1. The summed E-state index contributed by atoms with van der Waals surface area (Å²) in [4.78, 5) is 27.1. The average molecular weight is 334 g/mol. The first kappa shape index (κ1) is 16.6. The number of ether oxygens (including phenoxy) is 1. The summed E-state index contributed by atoms with van der Waals surface area (Å²) in [7, 11) is 5.28. The maximum Gasteiger partial charge on any atom is 0.282 e. The summed E-state index contributed by atoms with van der Waals surface area (Å²) in [6.45, 7) is 1.96. The number of hydrogen-bond acceptors (Lipinski definition) is 6. The molecule has 1 N–H and O–H groups in total. The summed E-state index contributed by atoms with van der Waals surface area (Å²) >= 11 is 0. The lowest BCUT2D eigenvalue weighted by Gasteiger charge is -2.14. The Kier molecular flexibility index (Phi) is 4.37. The van der Waals surface area contributed by atoms with E-state index in [1.165, 1.54) is 10.9 Å². The van der Waals surface area contributed by atoms with Crippen molar-refractivity contribution in [2.24, 2.45) is 12.0 Å². The van der Waals surface area contributed by atoms with Crippen molar-refractivity contribution in [3.8, 4) is 0 Å². The molecule has 24 heavy (non-hydrogen) atoms. The van der Waals surface area contributed by atoms with Gasteiger partial charge in [-0.2, -0.15) is 4.98 Å². The van der Waals surface area contributed by atoms with Gasteiger partial charge in [0, 0.05) is 27.6 Å². The summed E-state index contributed by atoms with van der Waals surface area (Å²) in [5, 5.41) is 10.1. The molecule has 1 saturated heterocycles. The SMILES string of the molecule is CC[C@H]1O[C@@H](n2cnc3c(=O)n(C)c(/N=C/N(C)C)nc32)C[C@H]1O. The first-order valence-electron chi connectivity index (χ1n) is 7.90. The van der Waals surface area contributed by atoms with Crippen LogP contribution in [0.1, 0.15) is 26.0 Å². The fraction of sp³-hybridized carbons (Fsp3) is 0.600. The number of hydrogen-bond donors (Lipinski definition) is 1. The minimum absolute atomic E-state index is 0.217. The van der Waals surface area contributed by atoms with Crippen molar-refractivity contribution < 1.29 is 9.84 Å². The van der Waals surface area contributed by atoms with Crippen LogP contribution in [0.4, 0.5) is 5.95 Å². The molecule has 0 aromatic carbocycles. The highest BCUT2D eigenvalue weighted by Gasteiger charge is 2.34. The molecule has 1 fully saturated rings. The van der Waals surface area contributed by atoms with Gasteiger partial charge in [-0.25, -0.2) is 9.98 Å². The molecule has 0 bridgehead atoms. The molecule has 2 aromatic rings. The molecular weight excluding hydrogens is 312 g/mol. The Balaban J connectivity index is 2.07. The fourth-order valence-electron chi connectivity index (χ4n) is 2.78. The third kappa shape index (κ3) is 2.80. The molecular formula is C15H22N6O3. The van der Waals surface area contributed by atoms with Crippen molar-refractivity contribution in [2.75, 3.05) is 14.1 Å². The minimum atomic E-state index is -0.532. The number of fused-ring (bicyclic) bond motifs is 1. The third-order valence-electron chi connectivity index (χ3n) is 4.10. The summed E-state index contributed by atoms with van der Waals surface area (Å²) in [6.07, 6.45) is 3.14. The zero-order valence-corrected chi connectivity index (χ0v) is 14.2. The van der Waals surface area contributed by atoms with Crippen molar-refractivity contribution in [1.29, 1.82) is 0 Å².